The maximum absolute atomic E-state index is 2.61. The van der Waals surface area contributed by atoms with Gasteiger partial charge in [-0.1, -0.05) is 30.3 Å². The van der Waals surface area contributed by atoms with E-state index in [1.807, 2.05) is 0 Å². The van der Waals surface area contributed by atoms with Crippen molar-refractivity contribution in [3.63, 3.8) is 0 Å². The number of fused-ring (bicyclic) bond motifs is 1. The van der Waals surface area contributed by atoms with Crippen LogP contribution in [0.3, 0.4) is 0 Å². The molecule has 0 saturated carbocycles. The molecule has 3 rings (SSSR count). The summed E-state index contributed by atoms with van der Waals surface area (Å²) < 4.78 is 0. The van der Waals surface area contributed by atoms with E-state index in [0.717, 1.165) is 0 Å². The van der Waals surface area contributed by atoms with Gasteiger partial charge in [0.15, 0.2) is 0 Å². The number of aryl methyl sites for hydroxylation is 1. The first-order valence-corrected chi connectivity index (χ1v) is 8.74. The van der Waals surface area contributed by atoms with Crippen LogP contribution in [-0.2, 0) is 6.42 Å². The van der Waals surface area contributed by atoms with Crippen LogP contribution in [0.1, 0.15) is 12.0 Å². The third-order valence-electron chi connectivity index (χ3n) is 4.99. The average Bonchev–Trinajstić information content (AvgIpc) is 2.56. The topological polar surface area (TPSA) is 9.72 Å². The Morgan fingerprint density at radius 2 is 1.61 bits per heavy atom. The van der Waals surface area contributed by atoms with Crippen molar-refractivity contribution in [1.82, 2.24) is 9.80 Å². The third kappa shape index (κ3) is 3.85. The number of hydrogen-bond acceptors (Lipinski definition) is 3. The number of benzene rings is 2. The second-order valence-corrected chi connectivity index (χ2v) is 6.93. The van der Waals surface area contributed by atoms with Crippen LogP contribution in [0.5, 0.6) is 0 Å². The molecule has 0 unspecified atom stereocenters. The van der Waals surface area contributed by atoms with E-state index in [9.17, 15) is 0 Å². The minimum Gasteiger partial charge on any atom is -0.377 e. The van der Waals surface area contributed by atoms with Crippen molar-refractivity contribution in [2.45, 2.75) is 12.8 Å². The van der Waals surface area contributed by atoms with Gasteiger partial charge in [-0.2, -0.15) is 0 Å². The van der Waals surface area contributed by atoms with Crippen molar-refractivity contribution < 1.29 is 0 Å². The molecule has 0 aromatic heterocycles. The van der Waals surface area contributed by atoms with E-state index in [-0.39, 0.29) is 0 Å². The van der Waals surface area contributed by atoms with E-state index in [0.29, 0.717) is 0 Å². The fraction of sp³-hybridized carbons (Fsp3) is 0.500. The van der Waals surface area contributed by atoms with Gasteiger partial charge >= 0.3 is 0 Å². The van der Waals surface area contributed by atoms with E-state index >= 15 is 0 Å². The maximum atomic E-state index is 2.61. The van der Waals surface area contributed by atoms with E-state index < -0.39 is 0 Å². The van der Waals surface area contributed by atoms with E-state index in [1.165, 1.54) is 67.6 Å². The normalized spacial score (nSPS) is 16.8. The lowest BCUT2D eigenvalue weighted by Gasteiger charge is -2.32. The summed E-state index contributed by atoms with van der Waals surface area (Å²) in [4.78, 5) is 7.23. The summed E-state index contributed by atoms with van der Waals surface area (Å²) in [5, 5.41) is 2.78. The van der Waals surface area contributed by atoms with Gasteiger partial charge in [0.05, 0.1) is 0 Å². The number of hydrogen-bond donors (Lipinski definition) is 0. The number of nitrogens with zero attached hydrogens (tertiary/aromatic N) is 3. The molecule has 0 atom stereocenters. The zero-order valence-electron chi connectivity index (χ0n) is 14.8. The summed E-state index contributed by atoms with van der Waals surface area (Å²) in [5.74, 6) is 0. The summed E-state index contributed by atoms with van der Waals surface area (Å²) >= 11 is 0. The molecule has 2 aromatic carbocycles. The van der Waals surface area contributed by atoms with E-state index in [1.54, 1.807) is 0 Å². The van der Waals surface area contributed by atoms with Crippen LogP contribution < -0.4 is 4.90 Å². The molecule has 3 nitrogen and oxygen atoms in total. The van der Waals surface area contributed by atoms with Crippen LogP contribution in [0.2, 0.25) is 0 Å². The van der Waals surface area contributed by atoms with Crippen molar-refractivity contribution >= 4 is 16.5 Å². The summed E-state index contributed by atoms with van der Waals surface area (Å²) in [6, 6.07) is 13.4. The molecule has 0 radical (unpaired) electrons. The van der Waals surface area contributed by atoms with Crippen molar-refractivity contribution in [3.8, 4) is 0 Å². The Hall–Kier alpha value is -1.58. The second kappa shape index (κ2) is 7.33. The molecule has 1 saturated heterocycles. The lowest BCUT2D eigenvalue weighted by Crippen LogP contribution is -2.44. The van der Waals surface area contributed by atoms with Gasteiger partial charge in [0.2, 0.25) is 0 Å². The summed E-state index contributed by atoms with van der Waals surface area (Å²) in [6.45, 7) is 6.08. The Morgan fingerprint density at radius 1 is 0.913 bits per heavy atom. The van der Waals surface area contributed by atoms with Crippen molar-refractivity contribution in [1.29, 1.82) is 0 Å². The third-order valence-corrected chi connectivity index (χ3v) is 4.99. The van der Waals surface area contributed by atoms with Crippen LogP contribution in [0.15, 0.2) is 36.4 Å². The molecule has 0 bridgehead atoms. The number of piperazine rings is 1. The molecule has 1 aliphatic heterocycles. The molecule has 0 amide bonds. The number of rotatable bonds is 5. The van der Waals surface area contributed by atoms with Crippen LogP contribution >= 0.6 is 0 Å². The van der Waals surface area contributed by atoms with Gasteiger partial charge in [-0.25, -0.2) is 0 Å². The van der Waals surface area contributed by atoms with E-state index in [2.05, 4.69) is 72.2 Å². The van der Waals surface area contributed by atoms with Gasteiger partial charge in [0.25, 0.3) is 0 Å². The zero-order valence-corrected chi connectivity index (χ0v) is 14.8. The van der Waals surface area contributed by atoms with Gasteiger partial charge in [0, 0.05) is 51.3 Å². The van der Waals surface area contributed by atoms with Crippen LogP contribution in [0, 0.1) is 0 Å². The predicted molar refractivity (Wildman–Crippen MR) is 101 cm³/mol. The highest BCUT2D eigenvalue weighted by atomic mass is 15.2. The average molecular weight is 311 g/mol. The lowest BCUT2D eigenvalue weighted by molar-refractivity contribution is 0.153. The Labute approximate surface area is 140 Å². The maximum Gasteiger partial charge on any atom is 0.0440 e. The van der Waals surface area contributed by atoms with E-state index in [4.69, 9.17) is 0 Å². The summed E-state index contributed by atoms with van der Waals surface area (Å²) in [7, 11) is 6.46. The van der Waals surface area contributed by atoms with Crippen LogP contribution in [-0.4, -0.2) is 63.7 Å². The Morgan fingerprint density at radius 3 is 2.30 bits per heavy atom. The van der Waals surface area contributed by atoms with Gasteiger partial charge in [-0.15, -0.1) is 0 Å². The van der Waals surface area contributed by atoms with Crippen LogP contribution in [0.25, 0.3) is 10.8 Å². The van der Waals surface area contributed by atoms with Crippen molar-refractivity contribution in [2.75, 3.05) is 58.8 Å². The molecular formula is C20H29N3. The summed E-state index contributed by atoms with van der Waals surface area (Å²) in [5.41, 5.74) is 2.80. The van der Waals surface area contributed by atoms with Gasteiger partial charge in [-0.05, 0) is 43.5 Å². The molecular weight excluding hydrogens is 282 g/mol. The molecule has 23 heavy (non-hydrogen) atoms. The molecule has 0 aliphatic carbocycles. The SMILES string of the molecule is CN1CCN(CCCc2ccc(N(C)C)c3ccccc23)CC1. The molecule has 3 heteroatoms. The highest BCUT2D eigenvalue weighted by Gasteiger charge is 2.13. The number of anilines is 1. The highest BCUT2D eigenvalue weighted by molar-refractivity contribution is 5.96. The molecule has 1 aliphatic rings. The first-order valence-electron chi connectivity index (χ1n) is 8.74. The van der Waals surface area contributed by atoms with Crippen molar-refractivity contribution in [3.05, 3.63) is 42.0 Å². The molecule has 0 N–H and O–H groups in total. The van der Waals surface area contributed by atoms with Gasteiger partial charge < -0.3 is 14.7 Å². The first-order chi connectivity index (χ1) is 11.1. The van der Waals surface area contributed by atoms with Crippen molar-refractivity contribution in [2.24, 2.45) is 0 Å². The minimum atomic E-state index is 1.17. The standard InChI is InChI=1S/C20H29N3/c1-21(2)20-11-10-17(18-8-4-5-9-19(18)20)7-6-12-23-15-13-22(3)14-16-23/h4-5,8-11H,6-7,12-16H2,1-3H3. The molecule has 124 valence electrons. The fourth-order valence-electron chi connectivity index (χ4n) is 3.52. The molecule has 2 aromatic rings. The number of likely N-dealkylation sites (N-methyl/N-ethyl adjacent to an activating group) is 1. The smallest absolute Gasteiger partial charge is 0.0440 e. The first kappa shape index (κ1) is 16.3. The minimum absolute atomic E-state index is 1.17. The van der Waals surface area contributed by atoms with Gasteiger partial charge in [-0.3, -0.25) is 0 Å². The monoisotopic (exact) mass is 311 g/mol. The Kier molecular flexibility index (Phi) is 5.19. The fourth-order valence-corrected chi connectivity index (χ4v) is 3.52. The molecule has 0 spiro atoms. The lowest BCUT2D eigenvalue weighted by atomic mass is 9.99. The quantitative estimate of drug-likeness (QED) is 0.840. The highest BCUT2D eigenvalue weighted by Crippen LogP contribution is 2.29. The largest absolute Gasteiger partial charge is 0.377 e. The Bertz CT molecular complexity index is 642. The molecule has 1 heterocycles. The molecule has 1 fully saturated rings. The second-order valence-electron chi connectivity index (χ2n) is 6.93. The zero-order chi connectivity index (χ0) is 16.2. The summed E-state index contributed by atoms with van der Waals surface area (Å²) in [6.07, 6.45) is 2.41. The van der Waals surface area contributed by atoms with Crippen LogP contribution in [0.4, 0.5) is 5.69 Å². The van der Waals surface area contributed by atoms with Gasteiger partial charge in [0.1, 0.15) is 0 Å². The Balaban J connectivity index is 1.67. The predicted octanol–water partition coefficient (Wildman–Crippen LogP) is 3.09.